The summed E-state index contributed by atoms with van der Waals surface area (Å²) in [6.07, 6.45) is -5.52. The predicted molar refractivity (Wildman–Crippen MR) is 162 cm³/mol. The molecule has 4 aromatic rings. The normalized spacial score (nSPS) is 13.2. The van der Waals surface area contributed by atoms with Crippen LogP contribution in [0.3, 0.4) is 0 Å². The lowest BCUT2D eigenvalue weighted by molar-refractivity contribution is -0.266. The molecule has 0 fully saturated rings. The molecule has 0 aliphatic heterocycles. The molecule has 0 bridgehead atoms. The maximum absolute atomic E-state index is 14.6. The monoisotopic (exact) mass is 635 g/mol. The molecule has 1 amide bonds. The summed E-state index contributed by atoms with van der Waals surface area (Å²) in [6, 6.07) is 27.1. The molecule has 4 rings (SSSR count). The quantitative estimate of drug-likeness (QED) is 0.141. The van der Waals surface area contributed by atoms with Gasteiger partial charge in [-0.05, 0) is 28.8 Å². The number of benzene rings is 4. The number of alkyl halides is 3. The maximum Gasteiger partial charge on any atom is 0.430 e. The van der Waals surface area contributed by atoms with Crippen molar-refractivity contribution >= 4 is 17.8 Å². The van der Waals surface area contributed by atoms with Gasteiger partial charge in [0, 0.05) is 26.0 Å². The molecule has 4 aromatic carbocycles. The van der Waals surface area contributed by atoms with E-state index in [1.54, 1.807) is 36.4 Å². The van der Waals surface area contributed by atoms with Crippen molar-refractivity contribution in [3.05, 3.63) is 131 Å². The Morgan fingerprint density at radius 3 is 1.85 bits per heavy atom. The lowest BCUT2D eigenvalue weighted by atomic mass is 9.91. The number of esters is 2. The van der Waals surface area contributed by atoms with Crippen molar-refractivity contribution in [3.63, 3.8) is 0 Å². The standard InChI is InChI=1S/C35H32F3NO7/c1-24(40)46-31-21-27(18-19-30(31)44-22-25-12-6-3-7-13-25)20-29(32(41)45-23-26-14-8-4-9-15-26)39-33(42)34(43-2,35(36,37)38)28-16-10-5-11-17-28/h3-19,21,29H,20,22-23H2,1-2H3,(H,39,42)/t29-,34-/m0/s1. The van der Waals surface area contributed by atoms with E-state index in [0.717, 1.165) is 24.8 Å². The highest BCUT2D eigenvalue weighted by Crippen LogP contribution is 2.42. The number of carbonyl (C=O) groups is 3. The molecule has 0 spiro atoms. The van der Waals surface area contributed by atoms with Crippen molar-refractivity contribution in [2.75, 3.05) is 7.11 Å². The van der Waals surface area contributed by atoms with Gasteiger partial charge in [-0.25, -0.2) is 4.79 Å². The zero-order valence-electron chi connectivity index (χ0n) is 25.1. The Morgan fingerprint density at radius 2 is 1.30 bits per heavy atom. The highest BCUT2D eigenvalue weighted by atomic mass is 19.4. The largest absolute Gasteiger partial charge is 0.485 e. The number of nitrogens with one attached hydrogen (secondary N) is 1. The molecule has 2 atom stereocenters. The average Bonchev–Trinajstić information content (AvgIpc) is 3.04. The van der Waals surface area contributed by atoms with Crippen LogP contribution in [0.15, 0.2) is 109 Å². The third kappa shape index (κ3) is 8.30. The summed E-state index contributed by atoms with van der Waals surface area (Å²) in [5.74, 6) is -3.01. The second kappa shape index (κ2) is 15.2. The Hall–Kier alpha value is -5.16. The van der Waals surface area contributed by atoms with E-state index in [0.29, 0.717) is 11.1 Å². The fourth-order valence-corrected chi connectivity index (χ4v) is 4.71. The van der Waals surface area contributed by atoms with Gasteiger partial charge in [0.2, 0.25) is 0 Å². The Kier molecular flexibility index (Phi) is 11.2. The molecule has 0 saturated carbocycles. The molecule has 0 saturated heterocycles. The van der Waals surface area contributed by atoms with Gasteiger partial charge in [-0.1, -0.05) is 97.1 Å². The zero-order chi connectivity index (χ0) is 33.2. The van der Waals surface area contributed by atoms with E-state index in [9.17, 15) is 27.6 Å². The van der Waals surface area contributed by atoms with Crippen LogP contribution in [0.25, 0.3) is 0 Å². The average molecular weight is 636 g/mol. The van der Waals surface area contributed by atoms with E-state index in [4.69, 9.17) is 18.9 Å². The number of amides is 1. The molecule has 0 aliphatic carbocycles. The van der Waals surface area contributed by atoms with Gasteiger partial charge >= 0.3 is 18.1 Å². The summed E-state index contributed by atoms with van der Waals surface area (Å²) in [5.41, 5.74) is -2.08. The number of ether oxygens (including phenoxy) is 4. The molecule has 1 N–H and O–H groups in total. The predicted octanol–water partition coefficient (Wildman–Crippen LogP) is 6.07. The molecule has 0 heterocycles. The van der Waals surface area contributed by atoms with Gasteiger partial charge in [0.15, 0.2) is 11.5 Å². The number of hydrogen-bond donors (Lipinski definition) is 1. The van der Waals surface area contributed by atoms with Crippen LogP contribution in [0.1, 0.15) is 29.2 Å². The maximum atomic E-state index is 14.6. The topological polar surface area (TPSA) is 100 Å². The van der Waals surface area contributed by atoms with Crippen LogP contribution in [0.4, 0.5) is 13.2 Å². The molecule has 46 heavy (non-hydrogen) atoms. The first-order valence-corrected chi connectivity index (χ1v) is 14.2. The van der Waals surface area contributed by atoms with Gasteiger partial charge in [0.1, 0.15) is 19.3 Å². The minimum atomic E-state index is -5.20. The number of carbonyl (C=O) groups excluding carboxylic acids is 3. The van der Waals surface area contributed by atoms with Crippen LogP contribution in [0.5, 0.6) is 11.5 Å². The van der Waals surface area contributed by atoms with E-state index < -0.39 is 41.2 Å². The van der Waals surface area contributed by atoms with E-state index in [2.05, 4.69) is 5.32 Å². The molecule has 240 valence electrons. The van der Waals surface area contributed by atoms with Crippen LogP contribution >= 0.6 is 0 Å². The van der Waals surface area contributed by atoms with Crippen LogP contribution in [0, 0.1) is 0 Å². The molecule has 0 aliphatic rings. The third-order valence-corrected chi connectivity index (χ3v) is 6.96. The molecular formula is C35H32F3NO7. The van der Waals surface area contributed by atoms with Crippen molar-refractivity contribution in [1.82, 2.24) is 5.32 Å². The van der Waals surface area contributed by atoms with Gasteiger partial charge in [-0.3, -0.25) is 9.59 Å². The van der Waals surface area contributed by atoms with Gasteiger partial charge < -0.3 is 24.3 Å². The molecule has 0 aromatic heterocycles. The van der Waals surface area contributed by atoms with Gasteiger partial charge in [-0.2, -0.15) is 13.2 Å². The lowest BCUT2D eigenvalue weighted by Crippen LogP contribution is -2.59. The van der Waals surface area contributed by atoms with Crippen molar-refractivity contribution in [1.29, 1.82) is 0 Å². The Morgan fingerprint density at radius 1 is 0.739 bits per heavy atom. The first kappa shape index (κ1) is 33.7. The highest BCUT2D eigenvalue weighted by molar-refractivity contribution is 5.91. The number of rotatable bonds is 13. The molecule has 0 unspecified atom stereocenters. The Labute approximate surface area is 264 Å². The van der Waals surface area contributed by atoms with Crippen LogP contribution in [-0.4, -0.2) is 37.2 Å². The van der Waals surface area contributed by atoms with E-state index in [-0.39, 0.29) is 31.1 Å². The second-order valence-electron chi connectivity index (χ2n) is 10.2. The summed E-state index contributed by atoms with van der Waals surface area (Å²) in [6.45, 7) is 1.17. The SMILES string of the molecule is CO[C@](C(=O)N[C@@H](Cc1ccc(OCc2ccccc2)c(OC(C)=O)c1)C(=O)OCc1ccccc1)(c1ccccc1)C(F)(F)F. The van der Waals surface area contributed by atoms with Crippen molar-refractivity contribution in [3.8, 4) is 11.5 Å². The molecular weight excluding hydrogens is 603 g/mol. The van der Waals surface area contributed by atoms with Gasteiger partial charge in [0.05, 0.1) is 0 Å². The van der Waals surface area contributed by atoms with E-state index in [1.165, 1.54) is 37.3 Å². The molecule has 8 nitrogen and oxygen atoms in total. The van der Waals surface area contributed by atoms with Gasteiger partial charge in [0.25, 0.3) is 11.5 Å². The minimum Gasteiger partial charge on any atom is -0.485 e. The lowest BCUT2D eigenvalue weighted by Gasteiger charge is -2.34. The first-order chi connectivity index (χ1) is 22.0. The fourth-order valence-electron chi connectivity index (χ4n) is 4.71. The van der Waals surface area contributed by atoms with Crippen molar-refractivity contribution in [2.45, 2.75) is 44.4 Å². The summed E-state index contributed by atoms with van der Waals surface area (Å²) in [7, 11) is 0.766. The van der Waals surface area contributed by atoms with Crippen molar-refractivity contribution in [2.24, 2.45) is 0 Å². The Balaban J connectivity index is 1.65. The van der Waals surface area contributed by atoms with Crippen LogP contribution < -0.4 is 14.8 Å². The summed E-state index contributed by atoms with van der Waals surface area (Å²) in [5, 5.41) is 2.22. The second-order valence-corrected chi connectivity index (χ2v) is 10.2. The minimum absolute atomic E-state index is 0.0227. The zero-order valence-corrected chi connectivity index (χ0v) is 25.1. The highest BCUT2D eigenvalue weighted by Gasteiger charge is 2.63. The van der Waals surface area contributed by atoms with Crippen LogP contribution in [-0.2, 0) is 49.1 Å². The van der Waals surface area contributed by atoms with Gasteiger partial charge in [-0.15, -0.1) is 0 Å². The fraction of sp³-hybridized carbons (Fsp3) is 0.229. The van der Waals surface area contributed by atoms with E-state index >= 15 is 0 Å². The summed E-state index contributed by atoms with van der Waals surface area (Å²) < 4.78 is 65.3. The van der Waals surface area contributed by atoms with Crippen LogP contribution in [0.2, 0.25) is 0 Å². The summed E-state index contributed by atoms with van der Waals surface area (Å²) in [4.78, 5) is 38.8. The molecule has 11 heteroatoms. The smallest absolute Gasteiger partial charge is 0.430 e. The third-order valence-electron chi connectivity index (χ3n) is 6.96. The Bertz CT molecular complexity index is 1620. The molecule has 0 radical (unpaired) electrons. The number of methoxy groups -OCH3 is 1. The first-order valence-electron chi connectivity index (χ1n) is 14.2. The number of halogens is 3. The van der Waals surface area contributed by atoms with Crippen molar-refractivity contribution < 1.29 is 46.5 Å². The number of hydrogen-bond acceptors (Lipinski definition) is 7. The van der Waals surface area contributed by atoms with E-state index in [1.807, 2.05) is 30.3 Å². The summed E-state index contributed by atoms with van der Waals surface area (Å²) >= 11 is 0.